The van der Waals surface area contributed by atoms with E-state index in [2.05, 4.69) is 5.32 Å². The summed E-state index contributed by atoms with van der Waals surface area (Å²) in [5, 5.41) is 2.78. The molecule has 4 heteroatoms. The van der Waals surface area contributed by atoms with Gasteiger partial charge in [-0.05, 0) is 35.9 Å². The van der Waals surface area contributed by atoms with Crippen LogP contribution < -0.4 is 14.8 Å². The molecule has 0 aliphatic rings. The first-order valence-electron chi connectivity index (χ1n) is 6.49. The summed E-state index contributed by atoms with van der Waals surface area (Å²) in [6.45, 7) is 0. The third-order valence-corrected chi connectivity index (χ3v) is 2.91. The Morgan fingerprint density at radius 2 is 1.71 bits per heavy atom. The Hall–Kier alpha value is -2.75. The fraction of sp³-hybridized carbons (Fsp3) is 0.118. The van der Waals surface area contributed by atoms with Crippen LogP contribution in [-0.4, -0.2) is 20.1 Å². The molecule has 0 radical (unpaired) electrons. The zero-order valence-corrected chi connectivity index (χ0v) is 12.0. The van der Waals surface area contributed by atoms with E-state index in [1.54, 1.807) is 32.4 Å². The maximum Gasteiger partial charge on any atom is 0.248 e. The van der Waals surface area contributed by atoms with Crippen molar-refractivity contribution in [2.45, 2.75) is 0 Å². The quantitative estimate of drug-likeness (QED) is 0.856. The predicted octanol–water partition coefficient (Wildman–Crippen LogP) is 3.36. The molecule has 0 aliphatic carbocycles. The number of para-hydroxylation sites is 2. The first-order chi connectivity index (χ1) is 10.2. The fourth-order valence-electron chi connectivity index (χ4n) is 1.81. The van der Waals surface area contributed by atoms with Crippen molar-refractivity contribution in [3.63, 3.8) is 0 Å². The summed E-state index contributed by atoms with van der Waals surface area (Å²) < 4.78 is 10.3. The summed E-state index contributed by atoms with van der Waals surface area (Å²) in [4.78, 5) is 11.9. The average molecular weight is 283 g/mol. The van der Waals surface area contributed by atoms with Gasteiger partial charge in [-0.3, -0.25) is 4.79 Å². The predicted molar refractivity (Wildman–Crippen MR) is 83.7 cm³/mol. The number of rotatable bonds is 5. The Balaban J connectivity index is 2.02. The van der Waals surface area contributed by atoms with E-state index in [4.69, 9.17) is 9.47 Å². The monoisotopic (exact) mass is 283 g/mol. The van der Waals surface area contributed by atoms with E-state index in [-0.39, 0.29) is 5.91 Å². The van der Waals surface area contributed by atoms with E-state index in [0.717, 1.165) is 11.3 Å². The lowest BCUT2D eigenvalue weighted by molar-refractivity contribution is -0.111. The number of hydrogen-bond donors (Lipinski definition) is 1. The van der Waals surface area contributed by atoms with Crippen molar-refractivity contribution in [3.8, 4) is 11.5 Å². The maximum absolute atomic E-state index is 11.9. The lowest BCUT2D eigenvalue weighted by Crippen LogP contribution is -2.08. The molecule has 0 heterocycles. The Kier molecular flexibility index (Phi) is 4.99. The molecule has 0 aromatic heterocycles. The lowest BCUT2D eigenvalue weighted by atomic mass is 10.2. The van der Waals surface area contributed by atoms with Crippen LogP contribution in [0.2, 0.25) is 0 Å². The maximum atomic E-state index is 11.9. The van der Waals surface area contributed by atoms with E-state index in [9.17, 15) is 4.79 Å². The van der Waals surface area contributed by atoms with Crippen LogP contribution in [0.15, 0.2) is 54.6 Å². The van der Waals surface area contributed by atoms with Gasteiger partial charge in [-0.2, -0.15) is 0 Å². The first-order valence-corrected chi connectivity index (χ1v) is 6.49. The molecule has 2 aromatic rings. The molecule has 0 unspecified atom stereocenters. The molecule has 1 N–H and O–H groups in total. The number of nitrogens with one attached hydrogen (secondary N) is 1. The van der Waals surface area contributed by atoms with Crippen LogP contribution in [0.5, 0.6) is 11.5 Å². The summed E-state index contributed by atoms with van der Waals surface area (Å²) >= 11 is 0. The van der Waals surface area contributed by atoms with E-state index >= 15 is 0 Å². The Morgan fingerprint density at radius 1 is 1.00 bits per heavy atom. The molecule has 2 rings (SSSR count). The lowest BCUT2D eigenvalue weighted by Gasteiger charge is -2.07. The van der Waals surface area contributed by atoms with E-state index in [1.165, 1.54) is 6.08 Å². The molecule has 0 aliphatic heterocycles. The van der Waals surface area contributed by atoms with Gasteiger partial charge in [0.25, 0.3) is 0 Å². The highest BCUT2D eigenvalue weighted by Crippen LogP contribution is 2.23. The van der Waals surface area contributed by atoms with Crippen molar-refractivity contribution in [3.05, 3.63) is 60.2 Å². The molecule has 0 saturated carbocycles. The van der Waals surface area contributed by atoms with Crippen LogP contribution >= 0.6 is 0 Å². The van der Waals surface area contributed by atoms with Crippen LogP contribution in [0.4, 0.5) is 5.69 Å². The molecule has 0 bridgehead atoms. The molecule has 0 fully saturated rings. The van der Waals surface area contributed by atoms with Gasteiger partial charge >= 0.3 is 0 Å². The topological polar surface area (TPSA) is 47.6 Å². The minimum atomic E-state index is -0.213. The van der Waals surface area contributed by atoms with Gasteiger partial charge in [-0.25, -0.2) is 0 Å². The Bertz CT molecular complexity index is 633. The molecular formula is C17H17NO3. The van der Waals surface area contributed by atoms with Crippen molar-refractivity contribution < 1.29 is 14.3 Å². The number of hydrogen-bond acceptors (Lipinski definition) is 3. The number of carbonyl (C=O) groups is 1. The van der Waals surface area contributed by atoms with Crippen molar-refractivity contribution in [2.24, 2.45) is 0 Å². The van der Waals surface area contributed by atoms with Crippen molar-refractivity contribution in [1.82, 2.24) is 0 Å². The zero-order chi connectivity index (χ0) is 15.1. The molecule has 1 amide bonds. The number of anilines is 1. The molecule has 2 aromatic carbocycles. The third-order valence-electron chi connectivity index (χ3n) is 2.91. The smallest absolute Gasteiger partial charge is 0.248 e. The standard InChI is InChI=1S/C17H17NO3/c1-20-14-10-7-13(8-11-14)9-12-17(19)18-15-5-3-4-6-16(15)21-2/h3-12H,1-2H3,(H,18,19)/b12-9+. The van der Waals surface area contributed by atoms with Crippen molar-refractivity contribution in [2.75, 3.05) is 19.5 Å². The molecule has 0 spiro atoms. The SMILES string of the molecule is COc1ccc(/C=C/C(=O)Nc2ccccc2OC)cc1. The van der Waals surface area contributed by atoms with E-state index in [0.29, 0.717) is 11.4 Å². The molecule has 0 atom stereocenters. The largest absolute Gasteiger partial charge is 0.497 e. The van der Waals surface area contributed by atoms with Crippen molar-refractivity contribution >= 4 is 17.7 Å². The highest BCUT2D eigenvalue weighted by atomic mass is 16.5. The normalized spacial score (nSPS) is 10.4. The molecule has 0 saturated heterocycles. The molecule has 4 nitrogen and oxygen atoms in total. The van der Waals surface area contributed by atoms with Gasteiger partial charge in [0.2, 0.25) is 5.91 Å². The number of ether oxygens (including phenoxy) is 2. The van der Waals surface area contributed by atoms with E-state index in [1.807, 2.05) is 36.4 Å². The summed E-state index contributed by atoms with van der Waals surface area (Å²) in [5.41, 5.74) is 1.57. The van der Waals surface area contributed by atoms with Gasteiger partial charge in [0.15, 0.2) is 0 Å². The van der Waals surface area contributed by atoms with Gasteiger partial charge in [0, 0.05) is 6.08 Å². The third kappa shape index (κ3) is 4.11. The Morgan fingerprint density at radius 3 is 2.38 bits per heavy atom. The second kappa shape index (κ2) is 7.14. The number of methoxy groups -OCH3 is 2. The highest BCUT2D eigenvalue weighted by Gasteiger charge is 2.03. The summed E-state index contributed by atoms with van der Waals surface area (Å²) in [6.07, 6.45) is 3.22. The second-order valence-corrected chi connectivity index (χ2v) is 4.30. The van der Waals surface area contributed by atoms with Crippen LogP contribution in [0.25, 0.3) is 6.08 Å². The zero-order valence-electron chi connectivity index (χ0n) is 12.0. The minimum Gasteiger partial charge on any atom is -0.497 e. The van der Waals surface area contributed by atoms with Crippen LogP contribution in [0, 0.1) is 0 Å². The summed E-state index contributed by atoms with van der Waals surface area (Å²) in [6, 6.07) is 14.7. The van der Waals surface area contributed by atoms with Crippen LogP contribution in [-0.2, 0) is 4.79 Å². The van der Waals surface area contributed by atoms with Gasteiger partial charge in [-0.1, -0.05) is 24.3 Å². The van der Waals surface area contributed by atoms with Crippen LogP contribution in [0.3, 0.4) is 0 Å². The average Bonchev–Trinajstić information content (AvgIpc) is 2.54. The number of benzene rings is 2. The summed E-state index contributed by atoms with van der Waals surface area (Å²) in [7, 11) is 3.18. The second-order valence-electron chi connectivity index (χ2n) is 4.30. The van der Waals surface area contributed by atoms with Gasteiger partial charge < -0.3 is 14.8 Å². The molecule has 21 heavy (non-hydrogen) atoms. The minimum absolute atomic E-state index is 0.213. The fourth-order valence-corrected chi connectivity index (χ4v) is 1.81. The summed E-state index contributed by atoms with van der Waals surface area (Å²) in [5.74, 6) is 1.20. The molecular weight excluding hydrogens is 266 g/mol. The molecule has 108 valence electrons. The highest BCUT2D eigenvalue weighted by molar-refractivity contribution is 6.02. The number of amides is 1. The Labute approximate surface area is 124 Å². The first kappa shape index (κ1) is 14.7. The van der Waals surface area contributed by atoms with Gasteiger partial charge in [0.05, 0.1) is 19.9 Å². The van der Waals surface area contributed by atoms with Crippen molar-refractivity contribution in [1.29, 1.82) is 0 Å². The van der Waals surface area contributed by atoms with Crippen LogP contribution in [0.1, 0.15) is 5.56 Å². The van der Waals surface area contributed by atoms with E-state index < -0.39 is 0 Å². The van der Waals surface area contributed by atoms with Gasteiger partial charge in [0.1, 0.15) is 11.5 Å². The number of carbonyl (C=O) groups excluding carboxylic acids is 1. The van der Waals surface area contributed by atoms with Gasteiger partial charge in [-0.15, -0.1) is 0 Å².